The number of alkyl halides is 1. The van der Waals surface area contributed by atoms with Gasteiger partial charge in [0.1, 0.15) is 0 Å². The minimum absolute atomic E-state index is 0.165. The average molecular weight is 361 g/mol. The van der Waals surface area contributed by atoms with Crippen LogP contribution in [0.25, 0.3) is 0 Å². The van der Waals surface area contributed by atoms with Gasteiger partial charge in [0.2, 0.25) is 0 Å². The third-order valence-corrected chi connectivity index (χ3v) is 6.39. The lowest BCUT2D eigenvalue weighted by Gasteiger charge is -2.32. The molecule has 1 atom stereocenters. The first-order valence-corrected chi connectivity index (χ1v) is 12.3. The van der Waals surface area contributed by atoms with Crippen LogP contribution >= 0.6 is 23.5 Å². The van der Waals surface area contributed by atoms with Crippen LogP contribution in [0.2, 0.25) is 19.6 Å². The summed E-state index contributed by atoms with van der Waals surface area (Å²) < 4.78 is 29.9. The van der Waals surface area contributed by atoms with Crippen LogP contribution in [0.15, 0.2) is 0 Å². The number of hydrogen-bond donors (Lipinski definition) is 0. The molecule has 0 amide bonds. The van der Waals surface area contributed by atoms with Crippen molar-refractivity contribution >= 4 is 31.8 Å². The van der Waals surface area contributed by atoms with Crippen LogP contribution in [-0.2, 0) is 18.0 Å². The van der Waals surface area contributed by atoms with E-state index in [0.717, 1.165) is 0 Å². The lowest BCUT2D eigenvalue weighted by Crippen LogP contribution is -2.34. The maximum Gasteiger partial charge on any atom is 0.359 e. The maximum absolute atomic E-state index is 12.9. The highest BCUT2D eigenvalue weighted by molar-refractivity contribution is 9.09. The lowest BCUT2D eigenvalue weighted by molar-refractivity contribution is 0.112. The fourth-order valence-corrected chi connectivity index (χ4v) is 6.81. The molecule has 1 unspecified atom stereocenters. The molecule has 0 aromatic rings. The van der Waals surface area contributed by atoms with Gasteiger partial charge in [0.05, 0.1) is 12.2 Å². The van der Waals surface area contributed by atoms with E-state index in [4.69, 9.17) is 13.5 Å². The summed E-state index contributed by atoms with van der Waals surface area (Å²) in [5.41, 5.74) is 0. The van der Waals surface area contributed by atoms with E-state index in [9.17, 15) is 4.57 Å². The third-order valence-electron chi connectivity index (χ3n) is 1.69. The monoisotopic (exact) mass is 360 g/mol. The second-order valence-corrected chi connectivity index (χ2v) is 12.9. The van der Waals surface area contributed by atoms with Gasteiger partial charge in [-0.15, -0.1) is 0 Å². The van der Waals surface area contributed by atoms with Gasteiger partial charge in [0.25, 0.3) is 0 Å². The molecule has 0 heterocycles. The Labute approximate surface area is 121 Å². The zero-order chi connectivity index (χ0) is 14.6. The van der Waals surface area contributed by atoms with Gasteiger partial charge < -0.3 is 13.5 Å². The lowest BCUT2D eigenvalue weighted by atomic mass is 10.5. The van der Waals surface area contributed by atoms with E-state index in [1.807, 2.05) is 27.7 Å². The summed E-state index contributed by atoms with van der Waals surface area (Å²) in [7, 11) is -5.09. The molecule has 0 spiro atoms. The van der Waals surface area contributed by atoms with Crippen molar-refractivity contribution < 1.29 is 18.0 Å². The van der Waals surface area contributed by atoms with Gasteiger partial charge in [-0.3, -0.25) is 4.57 Å². The molecule has 0 saturated heterocycles. The van der Waals surface area contributed by atoms with Crippen LogP contribution in [0.3, 0.4) is 0 Å². The second-order valence-electron chi connectivity index (χ2n) is 5.69. The van der Waals surface area contributed by atoms with Crippen molar-refractivity contribution in [2.45, 2.75) is 65.4 Å². The molecule has 7 heteroatoms. The zero-order valence-electron chi connectivity index (χ0n) is 12.4. The predicted molar refractivity (Wildman–Crippen MR) is 82.1 cm³/mol. The van der Waals surface area contributed by atoms with Crippen LogP contribution in [-0.4, -0.2) is 31.7 Å². The smallest absolute Gasteiger partial charge is 0.359 e. The van der Waals surface area contributed by atoms with E-state index in [2.05, 4.69) is 35.6 Å². The summed E-state index contributed by atoms with van der Waals surface area (Å²) in [6, 6.07) is 0. The summed E-state index contributed by atoms with van der Waals surface area (Å²) in [6.07, 6.45) is -0.331. The van der Waals surface area contributed by atoms with E-state index in [1.54, 1.807) is 0 Å². The number of rotatable bonds is 8. The van der Waals surface area contributed by atoms with Crippen molar-refractivity contribution in [1.29, 1.82) is 0 Å². The Kier molecular flexibility index (Phi) is 7.89. The van der Waals surface area contributed by atoms with Gasteiger partial charge in [-0.1, -0.05) is 15.9 Å². The van der Waals surface area contributed by atoms with E-state index in [1.165, 1.54) is 0 Å². The average Bonchev–Trinajstić information content (AvgIpc) is 2.09. The molecule has 0 radical (unpaired) electrons. The van der Waals surface area contributed by atoms with Gasteiger partial charge in [-0.2, -0.15) is 0 Å². The van der Waals surface area contributed by atoms with Crippen molar-refractivity contribution in [2.24, 2.45) is 0 Å². The zero-order valence-corrected chi connectivity index (χ0v) is 15.9. The minimum Gasteiger partial charge on any atom is -0.403 e. The molecule has 4 nitrogen and oxygen atoms in total. The van der Waals surface area contributed by atoms with Gasteiger partial charge >= 0.3 is 7.60 Å². The van der Waals surface area contributed by atoms with Gasteiger partial charge in [0.15, 0.2) is 14.2 Å². The summed E-state index contributed by atoms with van der Waals surface area (Å²) in [5.74, 6) is -0.547. The van der Waals surface area contributed by atoms with Crippen molar-refractivity contribution in [3.8, 4) is 0 Å². The largest absolute Gasteiger partial charge is 0.403 e. The summed E-state index contributed by atoms with van der Waals surface area (Å²) in [4.78, 5) is 0. The normalized spacial score (nSPS) is 15.4. The molecular formula is C11H26BrO4PSi. The van der Waals surface area contributed by atoms with Crippen LogP contribution < -0.4 is 0 Å². The Bertz CT molecular complexity index is 277. The Morgan fingerprint density at radius 3 is 1.67 bits per heavy atom. The molecule has 0 aliphatic rings. The third kappa shape index (κ3) is 7.41. The highest BCUT2D eigenvalue weighted by Crippen LogP contribution is 2.56. The van der Waals surface area contributed by atoms with Gasteiger partial charge in [-0.05, 0) is 47.3 Å². The Morgan fingerprint density at radius 2 is 1.44 bits per heavy atom. The van der Waals surface area contributed by atoms with Crippen LogP contribution in [0.5, 0.6) is 0 Å². The van der Waals surface area contributed by atoms with Crippen molar-refractivity contribution in [1.82, 2.24) is 0 Å². The molecule has 0 aromatic carbocycles. The molecule has 0 rings (SSSR count). The number of halogens is 1. The molecule has 0 N–H and O–H groups in total. The molecular weight excluding hydrogens is 335 g/mol. The van der Waals surface area contributed by atoms with Crippen molar-refractivity contribution in [3.63, 3.8) is 0 Å². The van der Waals surface area contributed by atoms with Crippen LogP contribution in [0.1, 0.15) is 27.7 Å². The standard InChI is InChI=1S/C11H26BrO4PSi/c1-9(2)14-17(13,15-10(3)4)11(8-12)16-18(5,6)7/h9-11H,8H2,1-7H3. The number of hydrogen-bond acceptors (Lipinski definition) is 4. The summed E-state index contributed by atoms with van der Waals surface area (Å²) in [6.45, 7) is 13.5. The van der Waals surface area contributed by atoms with E-state index in [0.29, 0.717) is 5.33 Å². The second kappa shape index (κ2) is 7.55. The van der Waals surface area contributed by atoms with Crippen LogP contribution in [0.4, 0.5) is 0 Å². The first-order valence-electron chi connectivity index (χ1n) is 6.20. The van der Waals surface area contributed by atoms with Crippen LogP contribution in [0, 0.1) is 0 Å². The first-order chi connectivity index (χ1) is 8.00. The molecule has 0 aliphatic carbocycles. The summed E-state index contributed by atoms with van der Waals surface area (Å²) >= 11 is 3.35. The van der Waals surface area contributed by atoms with Gasteiger partial charge in [0, 0.05) is 5.33 Å². The topological polar surface area (TPSA) is 44.8 Å². The first kappa shape index (κ1) is 18.8. The highest BCUT2D eigenvalue weighted by atomic mass is 79.9. The minimum atomic E-state index is -3.27. The SMILES string of the molecule is CC(C)OP(=O)(OC(C)C)C(CBr)O[Si](C)(C)C. The Hall–Kier alpha value is 0.807. The van der Waals surface area contributed by atoms with E-state index < -0.39 is 21.8 Å². The molecule has 110 valence electrons. The fourth-order valence-electron chi connectivity index (χ4n) is 1.34. The molecule has 0 aromatic heterocycles. The van der Waals surface area contributed by atoms with Crippen molar-refractivity contribution in [2.75, 3.05) is 5.33 Å². The predicted octanol–water partition coefficient (Wildman–Crippen LogP) is 4.60. The molecule has 0 fully saturated rings. The van der Waals surface area contributed by atoms with E-state index >= 15 is 0 Å². The Morgan fingerprint density at radius 1 is 1.06 bits per heavy atom. The summed E-state index contributed by atoms with van der Waals surface area (Å²) in [5, 5.41) is 0.438. The molecule has 18 heavy (non-hydrogen) atoms. The molecule has 0 bridgehead atoms. The molecule has 0 saturated carbocycles. The molecule has 0 aliphatic heterocycles. The van der Waals surface area contributed by atoms with Crippen molar-refractivity contribution in [3.05, 3.63) is 0 Å². The highest BCUT2D eigenvalue weighted by Gasteiger charge is 2.40. The Balaban J connectivity index is 5.06. The van der Waals surface area contributed by atoms with Gasteiger partial charge in [-0.25, -0.2) is 0 Å². The van der Waals surface area contributed by atoms with E-state index in [-0.39, 0.29) is 12.2 Å². The maximum atomic E-state index is 12.9. The fraction of sp³-hybridized carbons (Fsp3) is 1.00. The quantitative estimate of drug-likeness (QED) is 0.360.